The van der Waals surface area contributed by atoms with Gasteiger partial charge in [-0.2, -0.15) is 0 Å². The Morgan fingerprint density at radius 2 is 1.12 bits per heavy atom. The standard InChI is InChI=1S/C42H76O14P2/c1-3-5-7-9-11-12-13-14-15-16-17-18-19-23-28-32-42(45)55-38(36-54-58(49,50)53-34-37(43)33-52-57(46,47)48)35-51-41(44)31-27-24-20-22-26-30-40-39(56-40)29-25-21-10-8-6-4-2/h11-12,14-15,21,25,37-40,43H,3-10,13,16-20,22-24,26-36H2,1-2H3,(H,49,50)(H2,46,47,48)/b12-11-,15-14-,25-21-/t37-,38+,39?,40?/m0/s1. The summed E-state index contributed by atoms with van der Waals surface area (Å²) in [6, 6.07) is 0. The SMILES string of the molecule is CCCCC/C=C\C/C=C\CCCCCCCC(=O)O[C@H](COC(=O)CCCCCCCC1OC1C/C=C\CCCCC)COP(=O)(O)OC[C@@H](O)COP(=O)(O)O. The van der Waals surface area contributed by atoms with Crippen molar-refractivity contribution in [3.8, 4) is 0 Å². The maximum atomic E-state index is 12.7. The predicted molar refractivity (Wildman–Crippen MR) is 225 cm³/mol. The maximum absolute atomic E-state index is 12.7. The molecule has 1 rings (SSSR count). The molecule has 0 amide bonds. The summed E-state index contributed by atoms with van der Waals surface area (Å²) >= 11 is 0. The molecule has 5 atom stereocenters. The molecule has 0 aromatic carbocycles. The van der Waals surface area contributed by atoms with E-state index < -0.39 is 66.2 Å². The lowest BCUT2D eigenvalue weighted by Gasteiger charge is -2.20. The Balaban J connectivity index is 2.38. The molecular formula is C42H76O14P2. The highest BCUT2D eigenvalue weighted by atomic mass is 31.2. The molecule has 1 saturated heterocycles. The van der Waals surface area contributed by atoms with Crippen LogP contribution in [0, 0.1) is 0 Å². The Hall–Kier alpha value is -1.70. The van der Waals surface area contributed by atoms with Crippen LogP contribution in [0.25, 0.3) is 0 Å². The number of rotatable bonds is 40. The van der Waals surface area contributed by atoms with Crippen LogP contribution in [0.5, 0.6) is 0 Å². The molecule has 0 radical (unpaired) electrons. The van der Waals surface area contributed by atoms with Gasteiger partial charge in [0, 0.05) is 12.8 Å². The van der Waals surface area contributed by atoms with Crippen molar-refractivity contribution >= 4 is 27.6 Å². The first-order valence-corrected chi connectivity index (χ1v) is 24.8. The summed E-state index contributed by atoms with van der Waals surface area (Å²) in [4.78, 5) is 52.7. The van der Waals surface area contributed by atoms with E-state index in [0.717, 1.165) is 89.9 Å². The van der Waals surface area contributed by atoms with Crippen LogP contribution in [0.1, 0.15) is 168 Å². The van der Waals surface area contributed by atoms with Crippen LogP contribution < -0.4 is 0 Å². The fourth-order valence-corrected chi connectivity index (χ4v) is 7.13. The number of unbranched alkanes of at least 4 members (excludes halogenated alkanes) is 15. The zero-order valence-electron chi connectivity index (χ0n) is 35.3. The molecule has 3 unspecified atom stereocenters. The average Bonchev–Trinajstić information content (AvgIpc) is 3.94. The van der Waals surface area contributed by atoms with Gasteiger partial charge in [-0.05, 0) is 70.6 Å². The summed E-state index contributed by atoms with van der Waals surface area (Å²) in [5.74, 6) is -1.07. The van der Waals surface area contributed by atoms with Crippen molar-refractivity contribution in [3.05, 3.63) is 36.5 Å². The number of phosphoric ester groups is 2. The second kappa shape index (κ2) is 35.0. The van der Waals surface area contributed by atoms with E-state index in [-0.39, 0.29) is 12.8 Å². The Morgan fingerprint density at radius 1 is 0.603 bits per heavy atom. The van der Waals surface area contributed by atoms with Crippen LogP contribution in [-0.4, -0.2) is 82.6 Å². The summed E-state index contributed by atoms with van der Waals surface area (Å²) in [5, 5.41) is 9.75. The van der Waals surface area contributed by atoms with Crippen molar-refractivity contribution < 1.29 is 66.3 Å². The minimum Gasteiger partial charge on any atom is -0.462 e. The molecule has 58 heavy (non-hydrogen) atoms. The lowest BCUT2D eigenvalue weighted by atomic mass is 10.1. The van der Waals surface area contributed by atoms with E-state index in [9.17, 15) is 28.7 Å². The first-order chi connectivity index (χ1) is 27.8. The third-order valence-corrected chi connectivity index (χ3v) is 10.9. The molecule has 1 aliphatic rings. The van der Waals surface area contributed by atoms with Crippen molar-refractivity contribution in [2.24, 2.45) is 0 Å². The topological polar surface area (TPSA) is 208 Å². The van der Waals surface area contributed by atoms with Gasteiger partial charge in [-0.25, -0.2) is 9.13 Å². The smallest absolute Gasteiger partial charge is 0.462 e. The molecule has 0 saturated carbocycles. The summed E-state index contributed by atoms with van der Waals surface area (Å²) in [6.45, 7) is 1.66. The zero-order chi connectivity index (χ0) is 42.7. The number of allylic oxidation sites excluding steroid dienone is 5. The van der Waals surface area contributed by atoms with Crippen LogP contribution >= 0.6 is 15.6 Å². The second-order valence-electron chi connectivity index (χ2n) is 15.0. The van der Waals surface area contributed by atoms with E-state index in [2.05, 4.69) is 59.4 Å². The van der Waals surface area contributed by atoms with Crippen molar-refractivity contribution in [2.45, 2.75) is 192 Å². The average molecular weight is 867 g/mol. The number of carbonyl (C=O) groups excluding carboxylic acids is 2. The van der Waals surface area contributed by atoms with Crippen molar-refractivity contribution in [3.63, 3.8) is 0 Å². The lowest BCUT2D eigenvalue weighted by Crippen LogP contribution is -2.30. The molecule has 4 N–H and O–H groups in total. The highest BCUT2D eigenvalue weighted by molar-refractivity contribution is 7.47. The molecule has 0 aliphatic carbocycles. The quantitative estimate of drug-likeness (QED) is 0.0149. The van der Waals surface area contributed by atoms with Gasteiger partial charge in [0.25, 0.3) is 0 Å². The van der Waals surface area contributed by atoms with Crippen molar-refractivity contribution in [1.82, 2.24) is 0 Å². The molecule has 1 heterocycles. The summed E-state index contributed by atoms with van der Waals surface area (Å²) in [5.41, 5.74) is 0. The van der Waals surface area contributed by atoms with Gasteiger partial charge >= 0.3 is 27.6 Å². The minimum atomic E-state index is -4.87. The molecule has 0 aromatic rings. The summed E-state index contributed by atoms with van der Waals surface area (Å²) in [7, 11) is -9.68. The normalized spacial score (nSPS) is 17.9. The van der Waals surface area contributed by atoms with E-state index in [1.54, 1.807) is 0 Å². The van der Waals surface area contributed by atoms with Crippen LogP contribution in [0.15, 0.2) is 36.5 Å². The lowest BCUT2D eigenvalue weighted by molar-refractivity contribution is -0.161. The van der Waals surface area contributed by atoms with Crippen LogP contribution in [0.4, 0.5) is 0 Å². The number of esters is 2. The van der Waals surface area contributed by atoms with E-state index in [0.29, 0.717) is 25.0 Å². The van der Waals surface area contributed by atoms with Crippen LogP contribution in [0.2, 0.25) is 0 Å². The number of hydrogen-bond donors (Lipinski definition) is 4. The third kappa shape index (κ3) is 35.1. The highest BCUT2D eigenvalue weighted by Crippen LogP contribution is 2.44. The summed E-state index contributed by atoms with van der Waals surface area (Å²) < 4.78 is 53.5. The monoisotopic (exact) mass is 866 g/mol. The molecule has 16 heteroatoms. The van der Waals surface area contributed by atoms with Gasteiger partial charge < -0.3 is 34.0 Å². The van der Waals surface area contributed by atoms with E-state index in [1.165, 1.54) is 38.5 Å². The van der Waals surface area contributed by atoms with Gasteiger partial charge in [0.1, 0.15) is 12.7 Å². The molecule has 0 bridgehead atoms. The van der Waals surface area contributed by atoms with Crippen LogP contribution in [0.3, 0.4) is 0 Å². The van der Waals surface area contributed by atoms with Gasteiger partial charge in [0.15, 0.2) is 6.10 Å². The predicted octanol–water partition coefficient (Wildman–Crippen LogP) is 9.88. The molecule has 338 valence electrons. The maximum Gasteiger partial charge on any atom is 0.472 e. The van der Waals surface area contributed by atoms with Crippen LogP contribution in [-0.2, 0) is 46.5 Å². The number of epoxide rings is 1. The molecular weight excluding hydrogens is 790 g/mol. The number of carbonyl (C=O) groups is 2. The fourth-order valence-electron chi connectivity index (χ4n) is 5.97. The van der Waals surface area contributed by atoms with E-state index in [4.69, 9.17) is 28.5 Å². The first kappa shape index (κ1) is 54.3. The largest absolute Gasteiger partial charge is 0.472 e. The number of hydrogen-bond acceptors (Lipinski definition) is 11. The van der Waals surface area contributed by atoms with E-state index >= 15 is 0 Å². The van der Waals surface area contributed by atoms with Crippen molar-refractivity contribution in [1.29, 1.82) is 0 Å². The zero-order valence-corrected chi connectivity index (χ0v) is 37.1. The molecule has 0 spiro atoms. The minimum absolute atomic E-state index is 0.109. The van der Waals surface area contributed by atoms with Gasteiger partial charge in [0.05, 0.1) is 32.0 Å². The number of aliphatic hydroxyl groups excluding tert-OH is 1. The Kier molecular flexibility index (Phi) is 32.7. The van der Waals surface area contributed by atoms with Gasteiger partial charge in [0.2, 0.25) is 0 Å². The Labute approximate surface area is 348 Å². The third-order valence-electron chi connectivity index (χ3n) is 9.42. The Morgan fingerprint density at radius 3 is 1.74 bits per heavy atom. The van der Waals surface area contributed by atoms with Crippen molar-refractivity contribution in [2.75, 3.05) is 26.4 Å². The van der Waals surface area contributed by atoms with E-state index in [1.807, 2.05) is 0 Å². The number of aliphatic hydroxyl groups is 1. The van der Waals surface area contributed by atoms with Gasteiger partial charge in [-0.3, -0.25) is 23.2 Å². The molecule has 1 aliphatic heterocycles. The first-order valence-electron chi connectivity index (χ1n) is 21.8. The van der Waals surface area contributed by atoms with Gasteiger partial charge in [-0.15, -0.1) is 0 Å². The highest BCUT2D eigenvalue weighted by Gasteiger charge is 2.36. The molecule has 1 fully saturated rings. The molecule has 0 aromatic heterocycles. The second-order valence-corrected chi connectivity index (χ2v) is 17.7. The molecule has 14 nitrogen and oxygen atoms in total. The number of phosphoric acid groups is 2. The number of ether oxygens (including phenoxy) is 3. The Bertz CT molecular complexity index is 1240. The summed E-state index contributed by atoms with van der Waals surface area (Å²) in [6.07, 6.45) is 34.4. The van der Waals surface area contributed by atoms with Gasteiger partial charge in [-0.1, -0.05) is 121 Å². The fraction of sp³-hybridized carbons (Fsp3) is 0.810.